The van der Waals surface area contributed by atoms with Crippen molar-refractivity contribution in [2.24, 2.45) is 5.16 Å². The van der Waals surface area contributed by atoms with Crippen molar-refractivity contribution in [2.75, 3.05) is 17.6 Å². The van der Waals surface area contributed by atoms with Crippen LogP contribution in [0.4, 0.5) is 9.93 Å². The lowest BCUT2D eigenvalue weighted by molar-refractivity contribution is -0.689. The van der Waals surface area contributed by atoms with Gasteiger partial charge in [-0.05, 0) is 27.7 Å². The van der Waals surface area contributed by atoms with E-state index in [9.17, 15) is 29.1 Å². The quantitative estimate of drug-likeness (QED) is 0.0910. The number of thioether (sulfide) groups is 1. The second kappa shape index (κ2) is 13.9. The number of aliphatic carboxylic acids is 1. The summed E-state index contributed by atoms with van der Waals surface area (Å²) in [5.74, 6) is -2.63. The van der Waals surface area contributed by atoms with Gasteiger partial charge in [0.2, 0.25) is 6.41 Å². The number of ether oxygens (including phenoxy) is 1. The van der Waals surface area contributed by atoms with E-state index in [1.54, 1.807) is 56.8 Å². The molecule has 3 N–H and O–H groups in total. The SMILES string of the molecule is CC(CNC(=O)OC(C)(C)C)ON=C(C(=O)NC1C(=O)N2C(C(=O)[O-])=C(C[n+]3ccccc3)CS[C@H]12)c1csc(NC=O)n1. The molecule has 17 heteroatoms. The zero-order valence-electron chi connectivity index (χ0n) is 24.3. The summed E-state index contributed by atoms with van der Waals surface area (Å²) in [6.45, 7) is 7.01. The standard InChI is InChI=1S/C27H31N7O8S2/c1-15(10-28-26(40)41-27(2,3)4)42-32-18(17-13-44-25(30-17)29-14-35)21(36)31-19-22(37)34-20(24(38)39)16(12-43-23(19)34)11-33-8-6-5-7-9-33/h5-9,13-15,19,23H,10-12H2,1-4H3,(H3-,28,29,30,31,35,36,38,39,40)/t15?,19?,23-/m1/s1. The molecule has 2 aromatic rings. The van der Waals surface area contributed by atoms with Crippen molar-refractivity contribution in [3.63, 3.8) is 0 Å². The minimum absolute atomic E-state index is 0.000946. The number of β-lactam (4-membered cyclic amide) rings is 1. The monoisotopic (exact) mass is 645 g/mol. The molecule has 44 heavy (non-hydrogen) atoms. The van der Waals surface area contributed by atoms with Gasteiger partial charge in [-0.2, -0.15) is 0 Å². The van der Waals surface area contributed by atoms with E-state index in [2.05, 4.69) is 26.1 Å². The number of pyridine rings is 1. The smallest absolute Gasteiger partial charge is 0.407 e. The summed E-state index contributed by atoms with van der Waals surface area (Å²) >= 11 is 2.34. The van der Waals surface area contributed by atoms with E-state index in [0.29, 0.717) is 17.7 Å². The van der Waals surface area contributed by atoms with Gasteiger partial charge in [-0.15, -0.1) is 23.1 Å². The van der Waals surface area contributed by atoms with Gasteiger partial charge in [-0.3, -0.25) is 19.3 Å². The number of nitrogens with zero attached hydrogens (tertiary/aromatic N) is 4. The van der Waals surface area contributed by atoms with Gasteiger partial charge in [0.05, 0.1) is 18.2 Å². The lowest BCUT2D eigenvalue weighted by Gasteiger charge is -2.50. The third-order valence-corrected chi connectivity index (χ3v) is 8.19. The van der Waals surface area contributed by atoms with Crippen LogP contribution in [0.1, 0.15) is 33.4 Å². The van der Waals surface area contributed by atoms with Crippen LogP contribution < -0.4 is 25.6 Å². The number of oxime groups is 1. The van der Waals surface area contributed by atoms with Crippen molar-refractivity contribution in [1.82, 2.24) is 20.5 Å². The topological polar surface area (TPSA) is 195 Å². The normalized spacial score (nSPS) is 18.9. The first-order chi connectivity index (χ1) is 20.9. The molecule has 2 aliphatic rings. The Morgan fingerprint density at radius 1 is 1.27 bits per heavy atom. The summed E-state index contributed by atoms with van der Waals surface area (Å²) in [4.78, 5) is 72.3. The molecule has 0 spiro atoms. The highest BCUT2D eigenvalue weighted by Gasteiger charge is 2.53. The number of carboxylic acid groups (broad SMARTS) is 1. The molecule has 4 rings (SSSR count). The second-order valence-corrected chi connectivity index (χ2v) is 12.7. The molecule has 3 atom stereocenters. The molecule has 15 nitrogen and oxygen atoms in total. The summed E-state index contributed by atoms with van der Waals surface area (Å²) in [6.07, 6.45) is 2.62. The number of carbonyl (C=O) groups is 5. The number of anilines is 1. The zero-order valence-corrected chi connectivity index (χ0v) is 25.9. The molecule has 0 saturated carbocycles. The highest BCUT2D eigenvalue weighted by molar-refractivity contribution is 8.00. The van der Waals surface area contributed by atoms with Gasteiger partial charge in [0.15, 0.2) is 29.8 Å². The van der Waals surface area contributed by atoms with E-state index < -0.39 is 47.0 Å². The molecule has 234 valence electrons. The number of aromatic nitrogens is 2. The Labute approximate surface area is 260 Å². The van der Waals surface area contributed by atoms with Crippen LogP contribution in [0.15, 0.2) is 52.4 Å². The first-order valence-corrected chi connectivity index (χ1v) is 15.3. The third kappa shape index (κ3) is 7.90. The van der Waals surface area contributed by atoms with E-state index in [-0.39, 0.29) is 35.3 Å². The number of hydrogen-bond donors (Lipinski definition) is 3. The highest BCUT2D eigenvalue weighted by Crippen LogP contribution is 2.40. The van der Waals surface area contributed by atoms with E-state index >= 15 is 0 Å². The van der Waals surface area contributed by atoms with Crippen LogP contribution in [0.5, 0.6) is 0 Å². The molecule has 2 aliphatic heterocycles. The third-order valence-electron chi connectivity index (χ3n) is 6.08. The molecule has 0 aliphatic carbocycles. The van der Waals surface area contributed by atoms with Gasteiger partial charge in [-0.1, -0.05) is 11.2 Å². The fraction of sp³-hybridized carbons (Fsp3) is 0.407. The fourth-order valence-corrected chi connectivity index (χ4v) is 6.18. The number of amides is 4. The van der Waals surface area contributed by atoms with E-state index in [1.165, 1.54) is 17.1 Å². The van der Waals surface area contributed by atoms with Crippen molar-refractivity contribution in [3.8, 4) is 0 Å². The van der Waals surface area contributed by atoms with Gasteiger partial charge in [0, 0.05) is 28.8 Å². The van der Waals surface area contributed by atoms with E-state index in [4.69, 9.17) is 9.57 Å². The summed E-state index contributed by atoms with van der Waals surface area (Å²) in [6, 6.07) is 4.38. The number of carboxylic acids is 1. The summed E-state index contributed by atoms with van der Waals surface area (Å²) < 4.78 is 6.98. The molecule has 0 bridgehead atoms. The number of fused-ring (bicyclic) bond motifs is 1. The molecular weight excluding hydrogens is 614 g/mol. The lowest BCUT2D eigenvalue weighted by Crippen LogP contribution is -2.71. The predicted octanol–water partition coefficient (Wildman–Crippen LogP) is -0.263. The van der Waals surface area contributed by atoms with Crippen molar-refractivity contribution < 1.29 is 43.2 Å². The van der Waals surface area contributed by atoms with Gasteiger partial charge in [0.1, 0.15) is 28.8 Å². The number of thiazole rings is 1. The van der Waals surface area contributed by atoms with Crippen LogP contribution in [-0.2, 0) is 35.3 Å². The Hall–Kier alpha value is -4.51. The molecule has 1 saturated heterocycles. The van der Waals surface area contributed by atoms with E-state index in [1.807, 2.05) is 6.07 Å². The number of hydrogen-bond acceptors (Lipinski definition) is 12. The molecular formula is C27H31N7O8S2. The van der Waals surface area contributed by atoms with Crippen LogP contribution in [0.25, 0.3) is 0 Å². The summed E-state index contributed by atoms with van der Waals surface area (Å²) in [5.41, 5.74) is -0.647. The Kier molecular flexibility index (Phi) is 10.2. The van der Waals surface area contributed by atoms with Crippen LogP contribution in [-0.4, -0.2) is 81.3 Å². The molecule has 0 radical (unpaired) electrons. The van der Waals surface area contributed by atoms with Crippen LogP contribution in [0.2, 0.25) is 0 Å². The summed E-state index contributed by atoms with van der Waals surface area (Å²) in [5, 5.41) is 24.6. The minimum Gasteiger partial charge on any atom is -0.543 e. The highest BCUT2D eigenvalue weighted by atomic mass is 32.2. The molecule has 2 unspecified atom stereocenters. The lowest BCUT2D eigenvalue weighted by atomic mass is 10.0. The number of nitrogens with one attached hydrogen (secondary N) is 3. The number of rotatable bonds is 12. The Balaban J connectivity index is 1.48. The van der Waals surface area contributed by atoms with Gasteiger partial charge in [-0.25, -0.2) is 14.3 Å². The average Bonchev–Trinajstić information content (AvgIpc) is 3.42. The molecule has 4 heterocycles. The van der Waals surface area contributed by atoms with Crippen molar-refractivity contribution in [1.29, 1.82) is 0 Å². The maximum Gasteiger partial charge on any atom is 0.407 e. The number of carbonyl (C=O) groups excluding carboxylic acids is 5. The summed E-state index contributed by atoms with van der Waals surface area (Å²) in [7, 11) is 0. The molecule has 1 fully saturated rings. The van der Waals surface area contributed by atoms with Crippen molar-refractivity contribution in [2.45, 2.75) is 57.4 Å². The molecule has 2 aromatic heterocycles. The first kappa shape index (κ1) is 32.4. The maximum atomic E-state index is 13.4. The predicted molar refractivity (Wildman–Crippen MR) is 157 cm³/mol. The average molecular weight is 646 g/mol. The Morgan fingerprint density at radius 2 is 2.00 bits per heavy atom. The van der Waals surface area contributed by atoms with E-state index in [0.717, 1.165) is 16.2 Å². The minimum atomic E-state index is -1.48. The number of alkyl carbamates (subject to hydrolysis) is 1. The Bertz CT molecular complexity index is 1490. The van der Waals surface area contributed by atoms with Crippen LogP contribution in [0, 0.1) is 0 Å². The molecule has 0 aromatic carbocycles. The van der Waals surface area contributed by atoms with Crippen LogP contribution >= 0.6 is 23.1 Å². The van der Waals surface area contributed by atoms with Crippen LogP contribution in [0.3, 0.4) is 0 Å². The fourth-order valence-electron chi connectivity index (χ4n) is 4.19. The second-order valence-electron chi connectivity index (χ2n) is 10.7. The van der Waals surface area contributed by atoms with Gasteiger partial charge >= 0.3 is 6.09 Å². The van der Waals surface area contributed by atoms with Crippen molar-refractivity contribution in [3.05, 3.63) is 52.9 Å². The van der Waals surface area contributed by atoms with Crippen molar-refractivity contribution >= 4 is 64.2 Å². The maximum absolute atomic E-state index is 13.4. The van der Waals surface area contributed by atoms with Gasteiger partial charge in [0.25, 0.3) is 11.8 Å². The Morgan fingerprint density at radius 3 is 2.66 bits per heavy atom. The largest absolute Gasteiger partial charge is 0.543 e. The zero-order chi connectivity index (χ0) is 32.0. The molecule has 4 amide bonds. The van der Waals surface area contributed by atoms with Gasteiger partial charge < -0.3 is 35.4 Å². The first-order valence-electron chi connectivity index (χ1n) is 13.4.